The summed E-state index contributed by atoms with van der Waals surface area (Å²) in [7, 11) is 0. The zero-order valence-electron chi connectivity index (χ0n) is 9.30. The van der Waals surface area contributed by atoms with Crippen LogP contribution in [-0.2, 0) is 4.79 Å². The first-order valence-corrected chi connectivity index (χ1v) is 5.24. The van der Waals surface area contributed by atoms with Crippen LogP contribution in [0.15, 0.2) is 23.2 Å². The molecular weight excluding hydrogens is 238 g/mol. The van der Waals surface area contributed by atoms with Crippen LogP contribution in [-0.4, -0.2) is 41.0 Å². The number of amidine groups is 1. The SMILES string of the molecule is O=C(Nc1ccc(O)c(C(=O)O)c1)C1=NCCN1. The van der Waals surface area contributed by atoms with Crippen molar-refractivity contribution >= 4 is 23.4 Å². The fourth-order valence-corrected chi connectivity index (χ4v) is 1.53. The molecule has 1 aliphatic heterocycles. The van der Waals surface area contributed by atoms with Crippen LogP contribution >= 0.6 is 0 Å². The van der Waals surface area contributed by atoms with Crippen molar-refractivity contribution in [2.24, 2.45) is 4.99 Å². The van der Waals surface area contributed by atoms with Crippen molar-refractivity contribution in [2.75, 3.05) is 18.4 Å². The van der Waals surface area contributed by atoms with Gasteiger partial charge in [-0.1, -0.05) is 0 Å². The summed E-state index contributed by atoms with van der Waals surface area (Å²) in [6.07, 6.45) is 0. The number of carbonyl (C=O) groups is 2. The van der Waals surface area contributed by atoms with Crippen molar-refractivity contribution in [3.8, 4) is 5.75 Å². The number of carboxylic acids is 1. The van der Waals surface area contributed by atoms with E-state index in [0.717, 1.165) is 0 Å². The van der Waals surface area contributed by atoms with Crippen molar-refractivity contribution in [1.82, 2.24) is 5.32 Å². The maximum atomic E-state index is 11.7. The Hall–Kier alpha value is -2.57. The Morgan fingerprint density at radius 3 is 2.78 bits per heavy atom. The van der Waals surface area contributed by atoms with Gasteiger partial charge >= 0.3 is 5.97 Å². The molecule has 4 N–H and O–H groups in total. The van der Waals surface area contributed by atoms with Gasteiger partial charge in [0.15, 0.2) is 5.84 Å². The molecule has 7 nitrogen and oxygen atoms in total. The molecule has 0 bridgehead atoms. The Morgan fingerprint density at radius 1 is 1.39 bits per heavy atom. The Bertz CT molecular complexity index is 539. The number of rotatable bonds is 3. The van der Waals surface area contributed by atoms with Gasteiger partial charge in [0.25, 0.3) is 5.91 Å². The monoisotopic (exact) mass is 249 g/mol. The fraction of sp³-hybridized carbons (Fsp3) is 0.182. The molecule has 0 radical (unpaired) electrons. The van der Waals surface area contributed by atoms with Crippen molar-refractivity contribution in [3.63, 3.8) is 0 Å². The molecule has 0 saturated heterocycles. The van der Waals surface area contributed by atoms with E-state index in [1.54, 1.807) is 0 Å². The zero-order chi connectivity index (χ0) is 13.1. The summed E-state index contributed by atoms with van der Waals surface area (Å²) < 4.78 is 0. The molecule has 1 aromatic carbocycles. The normalized spacial score (nSPS) is 13.7. The Balaban J connectivity index is 2.17. The molecular formula is C11H11N3O4. The minimum atomic E-state index is -1.26. The molecule has 0 aliphatic carbocycles. The number of amides is 1. The smallest absolute Gasteiger partial charge is 0.339 e. The van der Waals surface area contributed by atoms with Crippen molar-refractivity contribution < 1.29 is 19.8 Å². The van der Waals surface area contributed by atoms with Crippen LogP contribution in [0.1, 0.15) is 10.4 Å². The number of hydrogen-bond acceptors (Lipinski definition) is 5. The van der Waals surface area contributed by atoms with Gasteiger partial charge in [-0.05, 0) is 18.2 Å². The number of benzene rings is 1. The molecule has 0 saturated carbocycles. The number of hydrogen-bond donors (Lipinski definition) is 4. The molecule has 1 aliphatic rings. The van der Waals surface area contributed by atoms with Gasteiger partial charge in [0.05, 0.1) is 6.54 Å². The summed E-state index contributed by atoms with van der Waals surface area (Å²) in [6.45, 7) is 1.15. The van der Waals surface area contributed by atoms with Gasteiger partial charge in [0.1, 0.15) is 11.3 Å². The maximum Gasteiger partial charge on any atom is 0.339 e. The highest BCUT2D eigenvalue weighted by atomic mass is 16.4. The molecule has 0 spiro atoms. The van der Waals surface area contributed by atoms with Gasteiger partial charge in [-0.15, -0.1) is 0 Å². The lowest BCUT2D eigenvalue weighted by atomic mass is 10.2. The number of phenols is 1. The largest absolute Gasteiger partial charge is 0.507 e. The Labute approximate surface area is 102 Å². The van der Waals surface area contributed by atoms with E-state index in [0.29, 0.717) is 13.1 Å². The summed E-state index contributed by atoms with van der Waals surface area (Å²) in [6, 6.07) is 3.81. The first-order valence-electron chi connectivity index (χ1n) is 5.24. The number of carboxylic acid groups (broad SMARTS) is 1. The number of nitrogens with zero attached hydrogens (tertiary/aromatic N) is 1. The summed E-state index contributed by atoms with van der Waals surface area (Å²) in [5.74, 6) is -1.83. The van der Waals surface area contributed by atoms with Crippen molar-refractivity contribution in [3.05, 3.63) is 23.8 Å². The van der Waals surface area contributed by atoms with E-state index in [1.807, 2.05) is 0 Å². The molecule has 18 heavy (non-hydrogen) atoms. The zero-order valence-corrected chi connectivity index (χ0v) is 9.30. The topological polar surface area (TPSA) is 111 Å². The lowest BCUT2D eigenvalue weighted by Gasteiger charge is -2.07. The minimum Gasteiger partial charge on any atom is -0.507 e. The second kappa shape index (κ2) is 4.74. The first-order chi connectivity index (χ1) is 8.58. The number of nitrogens with one attached hydrogen (secondary N) is 2. The molecule has 94 valence electrons. The number of aromatic hydroxyl groups is 1. The van der Waals surface area contributed by atoms with Gasteiger partial charge in [0.2, 0.25) is 0 Å². The highest BCUT2D eigenvalue weighted by Crippen LogP contribution is 2.21. The summed E-state index contributed by atoms with van der Waals surface area (Å²) in [5, 5.41) is 23.4. The molecule has 0 fully saturated rings. The van der Waals surface area contributed by atoms with Gasteiger partial charge in [-0.3, -0.25) is 9.79 Å². The molecule has 7 heteroatoms. The van der Waals surface area contributed by atoms with Gasteiger partial charge in [-0.2, -0.15) is 0 Å². The molecule has 1 amide bonds. The minimum absolute atomic E-state index is 0.222. The quantitative estimate of drug-likeness (QED) is 0.565. The van der Waals surface area contributed by atoms with E-state index in [9.17, 15) is 14.7 Å². The standard InChI is InChI=1S/C11H11N3O4/c15-8-2-1-6(5-7(8)11(17)18)14-10(16)9-12-3-4-13-9/h1-2,5,15H,3-4H2,(H,12,13)(H,14,16)(H,17,18). The highest BCUT2D eigenvalue weighted by Gasteiger charge is 2.16. The lowest BCUT2D eigenvalue weighted by Crippen LogP contribution is -2.32. The Kier molecular flexibility index (Phi) is 3.13. The van der Waals surface area contributed by atoms with Crippen LogP contribution in [0.3, 0.4) is 0 Å². The number of aliphatic imine (C=N–C) groups is 1. The maximum absolute atomic E-state index is 11.7. The van der Waals surface area contributed by atoms with Crippen molar-refractivity contribution in [2.45, 2.75) is 0 Å². The van der Waals surface area contributed by atoms with Crippen LogP contribution in [0.4, 0.5) is 5.69 Å². The number of anilines is 1. The molecule has 0 atom stereocenters. The number of aromatic carboxylic acids is 1. The van der Waals surface area contributed by atoms with E-state index >= 15 is 0 Å². The average molecular weight is 249 g/mol. The van der Waals surface area contributed by atoms with Gasteiger partial charge in [0, 0.05) is 12.2 Å². The summed E-state index contributed by atoms with van der Waals surface area (Å²) >= 11 is 0. The van der Waals surface area contributed by atoms with Crippen LogP contribution in [0.25, 0.3) is 0 Å². The molecule has 2 rings (SSSR count). The molecule has 1 heterocycles. The van der Waals surface area contributed by atoms with E-state index in [4.69, 9.17) is 5.11 Å². The first kappa shape index (κ1) is 11.9. The predicted octanol–water partition coefficient (Wildman–Crippen LogP) is 0.0306. The average Bonchev–Trinajstić information content (AvgIpc) is 2.85. The Morgan fingerprint density at radius 2 is 2.17 bits per heavy atom. The van der Waals surface area contributed by atoms with E-state index < -0.39 is 11.9 Å². The summed E-state index contributed by atoms with van der Waals surface area (Å²) in [4.78, 5) is 26.4. The van der Waals surface area contributed by atoms with E-state index in [-0.39, 0.29) is 22.8 Å². The van der Waals surface area contributed by atoms with E-state index in [1.165, 1.54) is 18.2 Å². The predicted molar refractivity (Wildman–Crippen MR) is 64.0 cm³/mol. The third-order valence-corrected chi connectivity index (χ3v) is 2.37. The van der Waals surface area contributed by atoms with Crippen LogP contribution in [0.5, 0.6) is 5.75 Å². The van der Waals surface area contributed by atoms with Gasteiger partial charge in [-0.25, -0.2) is 4.79 Å². The molecule has 0 aromatic heterocycles. The molecule has 1 aromatic rings. The van der Waals surface area contributed by atoms with Crippen molar-refractivity contribution in [1.29, 1.82) is 0 Å². The van der Waals surface area contributed by atoms with Crippen LogP contribution < -0.4 is 10.6 Å². The van der Waals surface area contributed by atoms with E-state index in [2.05, 4.69) is 15.6 Å². The summed E-state index contributed by atoms with van der Waals surface area (Å²) in [5.41, 5.74) is 0.0146. The van der Waals surface area contributed by atoms with Crippen LogP contribution in [0, 0.1) is 0 Å². The molecule has 0 unspecified atom stereocenters. The van der Waals surface area contributed by atoms with Gasteiger partial charge < -0.3 is 20.8 Å². The van der Waals surface area contributed by atoms with Crippen LogP contribution in [0.2, 0.25) is 0 Å². The third-order valence-electron chi connectivity index (χ3n) is 2.37. The lowest BCUT2D eigenvalue weighted by molar-refractivity contribution is -0.110. The highest BCUT2D eigenvalue weighted by molar-refractivity contribution is 6.42. The number of carbonyl (C=O) groups excluding carboxylic acids is 1. The fourth-order valence-electron chi connectivity index (χ4n) is 1.53. The second-order valence-corrected chi connectivity index (χ2v) is 3.65. The second-order valence-electron chi connectivity index (χ2n) is 3.65. The third kappa shape index (κ3) is 2.40.